The summed E-state index contributed by atoms with van der Waals surface area (Å²) in [5.74, 6) is 4.13. The van der Waals surface area contributed by atoms with Crippen molar-refractivity contribution in [3.8, 4) is 121 Å². The van der Waals surface area contributed by atoms with Gasteiger partial charge in [-0.25, -0.2) is 40.0 Å². The van der Waals surface area contributed by atoms with Crippen LogP contribution >= 0.6 is 0 Å². The fourth-order valence-corrected chi connectivity index (χ4v) is 11.8. The number of H-pyrrole nitrogens is 1. The van der Waals surface area contributed by atoms with Crippen LogP contribution in [0, 0.1) is 53.1 Å². The number of rotatable bonds is 25. The summed E-state index contributed by atoms with van der Waals surface area (Å²) >= 11 is 0. The lowest BCUT2D eigenvalue weighted by atomic mass is 9.99. The number of carboxylic acids is 1. The highest BCUT2D eigenvalue weighted by Gasteiger charge is 2.28. The van der Waals surface area contributed by atoms with E-state index in [2.05, 4.69) is 49.5 Å². The van der Waals surface area contributed by atoms with E-state index in [4.69, 9.17) is 73.9 Å². The fraction of sp³-hybridized carbons (Fsp3) is 0.0648. The van der Waals surface area contributed by atoms with Crippen molar-refractivity contribution in [3.05, 3.63) is 427 Å². The smallest absolute Gasteiger partial charge is 0.386 e. The Labute approximate surface area is 803 Å². The number of aromatic carboxylic acids is 1. The molecule has 32 heteroatoms. The Balaban J connectivity index is 0.000000168. The number of nitriles is 3. The number of carbonyl (C=O) groups excluding carboxylic acids is 6. The number of benzene rings is 12. The summed E-state index contributed by atoms with van der Waals surface area (Å²) in [6.07, 6.45) is 8.13. The summed E-state index contributed by atoms with van der Waals surface area (Å²) in [5.41, 5.74) is 19.5. The molecule has 5 heterocycles. The number of nitrogen functional groups attached to an aromatic ring is 1. The number of hydrogen-bond acceptors (Lipinski definition) is 25. The summed E-state index contributed by atoms with van der Waals surface area (Å²) in [4.78, 5) is 92.9. The number of esters is 2. The number of para-hydroxylation sites is 6. The number of Topliss-reactive ketones (excluding diaryl/α,β-unsaturated/α-hetero) is 2. The molecule has 1 unspecified atom stereocenters. The van der Waals surface area contributed by atoms with Crippen molar-refractivity contribution in [2.75, 3.05) is 40.6 Å². The van der Waals surface area contributed by atoms with E-state index in [-0.39, 0.29) is 35.4 Å². The number of nitrogens with two attached hydrogens (primary N) is 2. The Morgan fingerprint density at radius 1 is 0.471 bits per heavy atom. The van der Waals surface area contributed by atoms with Crippen molar-refractivity contribution >= 4 is 64.5 Å². The highest BCUT2D eigenvalue weighted by atomic mass is 16.5. The van der Waals surface area contributed by atoms with E-state index in [0.717, 1.165) is 86.9 Å². The highest BCUT2D eigenvalue weighted by Crippen LogP contribution is 2.32. The first-order chi connectivity index (χ1) is 68.0. The third kappa shape index (κ3) is 32.8. The van der Waals surface area contributed by atoms with Gasteiger partial charge < -0.3 is 64.2 Å². The quantitative estimate of drug-likeness (QED) is 0.00785. The Bertz CT molecular complexity index is 7200. The minimum absolute atomic E-state index is 0.0983. The van der Waals surface area contributed by atoms with Gasteiger partial charge in [0.05, 0.1) is 67.6 Å². The van der Waals surface area contributed by atoms with Gasteiger partial charge in [0.15, 0.2) is 29.1 Å². The first-order valence-corrected chi connectivity index (χ1v) is 42.0. The minimum atomic E-state index is -1.45. The minimum Gasteiger partial charge on any atom is -0.478 e. The molecule has 6 N–H and O–H groups in total. The van der Waals surface area contributed by atoms with Crippen molar-refractivity contribution in [1.29, 1.82) is 15.8 Å². The number of carbonyl (C=O) groups is 7. The van der Waals surface area contributed by atoms with Crippen molar-refractivity contribution in [2.24, 2.45) is 11.7 Å². The van der Waals surface area contributed by atoms with E-state index in [1.54, 1.807) is 113 Å². The number of aromatic amines is 1. The van der Waals surface area contributed by atoms with Gasteiger partial charge in [-0.3, -0.25) is 29.1 Å². The Morgan fingerprint density at radius 2 is 0.829 bits per heavy atom. The van der Waals surface area contributed by atoms with Gasteiger partial charge in [0, 0.05) is 85.5 Å². The van der Waals surface area contributed by atoms with Crippen molar-refractivity contribution < 1.29 is 76.6 Å². The molecule has 0 saturated carbocycles. The van der Waals surface area contributed by atoms with Crippen LogP contribution in [-0.4, -0.2) is 126 Å². The average molecular weight is 1860 g/mol. The van der Waals surface area contributed by atoms with Crippen LogP contribution in [0.1, 0.15) is 47.9 Å². The molecule has 32 nitrogen and oxygen atoms in total. The average Bonchev–Trinajstić information content (AvgIpc) is 1.66. The molecule has 1 amide bonds. The first-order valence-electron chi connectivity index (χ1n) is 42.0. The highest BCUT2D eigenvalue weighted by molar-refractivity contribution is 6.10. The summed E-state index contributed by atoms with van der Waals surface area (Å²) < 4.78 is 45.8. The molecule has 0 aliphatic heterocycles. The zero-order valence-corrected chi connectivity index (χ0v) is 75.4. The van der Waals surface area contributed by atoms with Crippen molar-refractivity contribution in [1.82, 2.24) is 44.3 Å². The van der Waals surface area contributed by atoms with E-state index in [0.29, 0.717) is 63.2 Å². The number of allylic oxidation sites excluding steroid dienone is 1. The van der Waals surface area contributed by atoms with Crippen LogP contribution < -0.4 is 39.9 Å². The van der Waals surface area contributed by atoms with Crippen LogP contribution in [-0.2, 0) is 23.9 Å². The molecular formula is C108H86N16O16. The Kier molecular flexibility index (Phi) is 39.1. The van der Waals surface area contributed by atoms with E-state index in [1.807, 2.05) is 273 Å². The number of hydrogen-bond donors (Lipinski definition) is 4. The largest absolute Gasteiger partial charge is 0.478 e. The molecule has 0 bridgehead atoms. The molecule has 0 saturated heterocycles. The number of anilines is 1. The second kappa shape index (κ2) is 53.8. The zero-order valence-electron chi connectivity index (χ0n) is 75.4. The number of aldehydes is 1. The van der Waals surface area contributed by atoms with E-state index in [9.17, 15) is 33.6 Å². The summed E-state index contributed by atoms with van der Waals surface area (Å²) in [6, 6.07) is 110. The van der Waals surface area contributed by atoms with Crippen LogP contribution in [0.15, 0.2) is 382 Å². The number of carboxylic acid groups (broad SMARTS) is 1. The molecule has 17 aromatic rings. The molecule has 17 rings (SSSR count). The molecule has 0 spiro atoms. The zero-order chi connectivity index (χ0) is 99.8. The molecule has 694 valence electrons. The standard InChI is InChI=1S/C19H14N4O2.C19H12N4O.C17H13NO4.C15H13N3O.C15H11NO2.C13H10O3.C6H8N2O.C4H5NO2/c20-19(24)14-11-21-18-10-17(22-23(18)12-14)13-6-8-16(9-7-13)25-15-4-2-1-3-5-15;1-20-15-12-21-19-11-18(22-23(19)13-15)14-7-9-17(10-8-14)24-16-5-3-2-4-6-16;1-21-17(20)15(11-18)16(19)12-7-9-14(10-8-12)22-13-5-3-2-4-6-13;16-15-10-14(17-18-15)11-6-8-13(9-7-11)19-12-4-2-1-3-5-12;16-11-10-15(17)12-6-8-14(9-7-12)18-13-4-2-1-3-5-13;14-13(15)10-6-8-12(9-7-10)16-11-4-2-1-3-5-11;1-8(2)4-6(3-7)5-9;1-5-3-4(6)7-2/h1-12H,(H2,20,24);2-13H;2-10,15H,1H3;1-10H,(H3,16,17,18);1-9H,10H2;1-9H,(H,14,15);4-5H,1-2H3;3H2,2H3/b;;;;;;6-4+;. The van der Waals surface area contributed by atoms with Crippen LogP contribution in [0.3, 0.4) is 0 Å². The molecular weight excluding hydrogens is 1780 g/mol. The number of nitrogens with one attached hydrogen (secondary N) is 1. The summed E-state index contributed by atoms with van der Waals surface area (Å²) in [7, 11) is 5.89. The van der Waals surface area contributed by atoms with Crippen LogP contribution in [0.2, 0.25) is 0 Å². The molecule has 1 atom stereocenters. The lowest BCUT2D eigenvalue weighted by Crippen LogP contribution is -2.23. The SMILES string of the molecule is CN(C)/C=C(\C#N)C=O.COC(=O)C(C#N)C(=O)c1ccc(Oc2ccccc2)cc1.N#CCC(=O)c1ccc(Oc2ccccc2)cc1.NC(=O)c1cnc2cc(-c3ccc(Oc4ccccc4)cc3)nn2c1.Nc1cc(-c2ccc(Oc3ccccc3)cc2)[nH]n1.O=C(O)c1ccc(Oc2ccccc2)cc1.[C-]#[N+]CC(=O)OC.[C-]#[N+]c1cnc2cc(-c3ccc(Oc4ccccc4)cc3)nn2c1. The van der Waals surface area contributed by atoms with Crippen molar-refractivity contribution in [2.45, 2.75) is 6.42 Å². The molecule has 5 aromatic heterocycles. The number of ketones is 2. The first kappa shape index (κ1) is 102. The van der Waals surface area contributed by atoms with Gasteiger partial charge >= 0.3 is 24.5 Å². The van der Waals surface area contributed by atoms with Gasteiger partial charge in [0.25, 0.3) is 5.91 Å². The molecule has 0 radical (unpaired) electrons. The molecule has 12 aromatic carbocycles. The number of ether oxygens (including phenoxy) is 8. The lowest BCUT2D eigenvalue weighted by molar-refractivity contribution is -0.142. The van der Waals surface area contributed by atoms with Gasteiger partial charge in [-0.1, -0.05) is 109 Å². The number of nitrogens with zero attached hydrogens (tertiary/aromatic N) is 13. The summed E-state index contributed by atoms with van der Waals surface area (Å²) in [6.45, 7) is 13.0. The monoisotopic (exact) mass is 1860 g/mol. The van der Waals surface area contributed by atoms with E-state index >= 15 is 0 Å². The van der Waals surface area contributed by atoms with Gasteiger partial charge in [0.1, 0.15) is 86.5 Å². The third-order valence-electron chi connectivity index (χ3n) is 18.5. The third-order valence-corrected chi connectivity index (χ3v) is 18.5. The van der Waals surface area contributed by atoms with E-state index in [1.165, 1.54) is 43.8 Å². The molecule has 140 heavy (non-hydrogen) atoms. The van der Waals surface area contributed by atoms with Crippen LogP contribution in [0.4, 0.5) is 11.5 Å². The maximum atomic E-state index is 12.1. The molecule has 0 aliphatic carbocycles. The number of methoxy groups -OCH3 is 2. The normalized spacial score (nSPS) is 10.2. The van der Waals surface area contributed by atoms with Gasteiger partial charge in [0.2, 0.25) is 11.6 Å². The number of primary amides is 1. The maximum absolute atomic E-state index is 12.1. The fourth-order valence-electron chi connectivity index (χ4n) is 11.8. The molecule has 0 aliphatic rings. The second-order valence-corrected chi connectivity index (χ2v) is 28.8. The maximum Gasteiger partial charge on any atom is 0.386 e. The van der Waals surface area contributed by atoms with Gasteiger partial charge in [-0.15, -0.1) is 0 Å². The molecule has 0 fully saturated rings. The van der Waals surface area contributed by atoms with Crippen LogP contribution in [0.5, 0.6) is 69.0 Å². The van der Waals surface area contributed by atoms with Crippen LogP contribution in [0.25, 0.3) is 54.8 Å². The van der Waals surface area contributed by atoms with Gasteiger partial charge in [-0.2, -0.15) is 31.1 Å². The van der Waals surface area contributed by atoms with E-state index < -0.39 is 35.5 Å². The summed E-state index contributed by atoms with van der Waals surface area (Å²) in [5, 5.41) is 50.0. The number of amides is 1. The predicted octanol–water partition coefficient (Wildman–Crippen LogP) is 21.4. The Hall–Kier alpha value is -20.4. The number of aromatic nitrogens is 8. The topological polar surface area (TPSA) is 438 Å². The van der Waals surface area contributed by atoms with Crippen molar-refractivity contribution in [3.63, 3.8) is 0 Å². The Morgan fingerprint density at radius 3 is 1.13 bits per heavy atom. The second-order valence-electron chi connectivity index (χ2n) is 28.8. The lowest BCUT2D eigenvalue weighted by Gasteiger charge is -2.08. The predicted molar refractivity (Wildman–Crippen MR) is 522 cm³/mol. The number of fused-ring (bicyclic) bond motifs is 2. The van der Waals surface area contributed by atoms with Gasteiger partial charge in [-0.05, 0) is 224 Å².